The van der Waals surface area contributed by atoms with Gasteiger partial charge in [-0.3, -0.25) is 0 Å². The van der Waals surface area contributed by atoms with Crippen LogP contribution in [0.2, 0.25) is 0 Å². The van der Waals surface area contributed by atoms with Gasteiger partial charge in [-0.25, -0.2) is 9.97 Å². The first-order chi connectivity index (χ1) is 11.6. The molecular weight excluding hydrogens is 323 g/mol. The molecule has 0 spiro atoms. The van der Waals surface area contributed by atoms with Gasteiger partial charge < -0.3 is 14.7 Å². The Hall–Kier alpha value is -2.43. The Balaban J connectivity index is 0.000000383. The molecule has 0 aliphatic rings. The fourth-order valence-electron chi connectivity index (χ4n) is 2.42. The van der Waals surface area contributed by atoms with Gasteiger partial charge in [0.2, 0.25) is 0 Å². The fraction of sp³-hybridized carbons (Fsp3) is 0. The van der Waals surface area contributed by atoms with Crippen LogP contribution in [0.25, 0.3) is 33.2 Å². The average Bonchev–Trinajstić information content (AvgIpc) is 2.60. The van der Waals surface area contributed by atoms with Crippen molar-refractivity contribution in [2.24, 2.45) is 0 Å². The van der Waals surface area contributed by atoms with Crippen molar-refractivity contribution in [2.45, 2.75) is 0 Å². The lowest BCUT2D eigenvalue weighted by molar-refractivity contribution is 0.368. The van der Waals surface area contributed by atoms with Crippen molar-refractivity contribution in [3.8, 4) is 11.4 Å². The van der Waals surface area contributed by atoms with Crippen molar-refractivity contribution in [1.82, 2.24) is 9.97 Å². The summed E-state index contributed by atoms with van der Waals surface area (Å²) in [5.74, 6) is 0. The lowest BCUT2D eigenvalue weighted by atomic mass is 10.1. The smallest absolute Gasteiger partial charge is 0.324 e. The monoisotopic (exact) mass is 338 g/mol. The highest BCUT2D eigenvalue weighted by molar-refractivity contribution is 7.38. The quantitative estimate of drug-likeness (QED) is 0.461. The van der Waals surface area contributed by atoms with Crippen LogP contribution in [0.15, 0.2) is 72.8 Å². The summed E-state index contributed by atoms with van der Waals surface area (Å²) in [6.45, 7) is 0. The van der Waals surface area contributed by atoms with Crippen LogP contribution in [0.5, 0.6) is 0 Å². The number of pyridine rings is 2. The van der Waals surface area contributed by atoms with E-state index in [9.17, 15) is 0 Å². The molecule has 4 aromatic rings. The first kappa shape index (κ1) is 16.4. The summed E-state index contributed by atoms with van der Waals surface area (Å²) in [4.78, 5) is 31.1. The van der Waals surface area contributed by atoms with Gasteiger partial charge in [0.05, 0.1) is 22.4 Å². The van der Waals surface area contributed by atoms with Crippen molar-refractivity contribution in [3.63, 3.8) is 0 Å². The molecule has 2 heterocycles. The van der Waals surface area contributed by atoms with Gasteiger partial charge >= 0.3 is 8.60 Å². The maximum atomic E-state index is 7.23. The van der Waals surface area contributed by atoms with Crippen LogP contribution >= 0.6 is 8.60 Å². The van der Waals surface area contributed by atoms with E-state index in [2.05, 4.69) is 34.2 Å². The van der Waals surface area contributed by atoms with Crippen LogP contribution in [0.4, 0.5) is 0 Å². The minimum absolute atomic E-state index is 0.912. The summed E-state index contributed by atoms with van der Waals surface area (Å²) in [6.07, 6.45) is 0. The molecule has 0 aliphatic heterocycles. The summed E-state index contributed by atoms with van der Waals surface area (Å²) in [6, 6.07) is 24.5. The van der Waals surface area contributed by atoms with E-state index in [-0.39, 0.29) is 0 Å². The van der Waals surface area contributed by atoms with Crippen molar-refractivity contribution in [1.29, 1.82) is 0 Å². The molecule has 24 heavy (non-hydrogen) atoms. The molecule has 0 bridgehead atoms. The van der Waals surface area contributed by atoms with E-state index in [1.54, 1.807) is 0 Å². The molecule has 3 N–H and O–H groups in total. The Bertz CT molecular complexity index is 896. The Kier molecular flexibility index (Phi) is 5.08. The number of hydrogen-bond acceptors (Lipinski definition) is 5. The number of aromatic nitrogens is 2. The van der Waals surface area contributed by atoms with Crippen molar-refractivity contribution in [2.75, 3.05) is 0 Å². The van der Waals surface area contributed by atoms with Gasteiger partial charge in [-0.1, -0.05) is 48.5 Å². The first-order valence-electron chi connectivity index (χ1n) is 7.22. The summed E-state index contributed by atoms with van der Waals surface area (Å²) in [5.41, 5.74) is 3.82. The van der Waals surface area contributed by atoms with E-state index < -0.39 is 8.60 Å². The van der Waals surface area contributed by atoms with Gasteiger partial charge in [0.25, 0.3) is 0 Å². The van der Waals surface area contributed by atoms with E-state index in [1.165, 1.54) is 0 Å². The molecule has 0 radical (unpaired) electrons. The molecular formula is C18H15N2O3P. The minimum atomic E-state index is -2.62. The van der Waals surface area contributed by atoms with Gasteiger partial charge in [-0.15, -0.1) is 0 Å². The largest absolute Gasteiger partial charge is 0.328 e. The molecule has 0 saturated heterocycles. The second kappa shape index (κ2) is 7.43. The predicted molar refractivity (Wildman–Crippen MR) is 96.1 cm³/mol. The van der Waals surface area contributed by atoms with E-state index in [0.717, 1.165) is 33.2 Å². The molecule has 120 valence electrons. The molecule has 4 rings (SSSR count). The van der Waals surface area contributed by atoms with E-state index in [1.807, 2.05) is 48.5 Å². The molecule has 0 amide bonds. The van der Waals surface area contributed by atoms with Gasteiger partial charge in [0.1, 0.15) is 0 Å². The number of para-hydroxylation sites is 2. The zero-order chi connectivity index (χ0) is 16.9. The third kappa shape index (κ3) is 3.91. The first-order valence-corrected chi connectivity index (χ1v) is 8.42. The number of benzene rings is 2. The van der Waals surface area contributed by atoms with Gasteiger partial charge in [0.15, 0.2) is 0 Å². The molecule has 6 heteroatoms. The third-order valence-corrected chi connectivity index (χ3v) is 3.46. The van der Waals surface area contributed by atoms with E-state index in [0.29, 0.717) is 0 Å². The van der Waals surface area contributed by atoms with Gasteiger partial charge in [-0.05, 0) is 24.3 Å². The lowest BCUT2D eigenvalue weighted by Gasteiger charge is -2.04. The summed E-state index contributed by atoms with van der Waals surface area (Å²) in [5, 5.41) is 2.30. The Labute approximate surface area is 139 Å². The van der Waals surface area contributed by atoms with Crippen LogP contribution in [0.1, 0.15) is 0 Å². The standard InChI is InChI=1S/C18H12N2.H3O3P/c1-3-7-15-13(5-1)9-11-17(19-15)18-12-10-14-6-2-4-8-16(14)20-18;1-4(2)3/h1-12H;1-3H. The SMILES string of the molecule is OP(O)O.c1ccc2nc(-c3ccc4ccccc4n3)ccc2c1. The van der Waals surface area contributed by atoms with Crippen LogP contribution < -0.4 is 0 Å². The summed E-state index contributed by atoms with van der Waals surface area (Å²) >= 11 is 0. The highest BCUT2D eigenvalue weighted by Gasteiger charge is 2.03. The average molecular weight is 338 g/mol. The van der Waals surface area contributed by atoms with Crippen molar-refractivity contribution < 1.29 is 14.7 Å². The highest BCUT2D eigenvalue weighted by atomic mass is 31.2. The fourth-order valence-corrected chi connectivity index (χ4v) is 2.42. The second-order valence-corrected chi connectivity index (χ2v) is 5.58. The predicted octanol–water partition coefficient (Wildman–Crippen LogP) is 3.64. The number of rotatable bonds is 1. The number of fused-ring (bicyclic) bond motifs is 2. The Morgan fingerprint density at radius 3 is 1.33 bits per heavy atom. The number of nitrogens with zero attached hydrogens (tertiary/aromatic N) is 2. The van der Waals surface area contributed by atoms with E-state index >= 15 is 0 Å². The molecule has 2 aromatic carbocycles. The minimum Gasteiger partial charge on any atom is -0.328 e. The zero-order valence-electron chi connectivity index (χ0n) is 12.6. The zero-order valence-corrected chi connectivity index (χ0v) is 13.5. The molecule has 2 aromatic heterocycles. The van der Waals surface area contributed by atoms with Gasteiger partial charge in [-0.2, -0.15) is 0 Å². The summed E-state index contributed by atoms with van der Waals surface area (Å²) in [7, 11) is -2.62. The normalized spacial score (nSPS) is 10.7. The molecule has 5 nitrogen and oxygen atoms in total. The van der Waals surface area contributed by atoms with E-state index in [4.69, 9.17) is 14.7 Å². The molecule has 0 aliphatic carbocycles. The summed E-state index contributed by atoms with van der Waals surface area (Å²) < 4.78 is 0. The van der Waals surface area contributed by atoms with Crippen LogP contribution in [0.3, 0.4) is 0 Å². The highest BCUT2D eigenvalue weighted by Crippen LogP contribution is 2.21. The van der Waals surface area contributed by atoms with Crippen LogP contribution in [0, 0.1) is 0 Å². The number of hydrogen-bond donors (Lipinski definition) is 3. The lowest BCUT2D eigenvalue weighted by Crippen LogP contribution is -1.89. The second-order valence-electron chi connectivity index (χ2n) is 5.05. The Morgan fingerprint density at radius 2 is 0.917 bits per heavy atom. The third-order valence-electron chi connectivity index (χ3n) is 3.46. The van der Waals surface area contributed by atoms with Crippen LogP contribution in [-0.2, 0) is 0 Å². The Morgan fingerprint density at radius 1 is 0.542 bits per heavy atom. The maximum Gasteiger partial charge on any atom is 0.324 e. The van der Waals surface area contributed by atoms with Crippen molar-refractivity contribution >= 4 is 30.4 Å². The van der Waals surface area contributed by atoms with Crippen molar-refractivity contribution in [3.05, 3.63) is 72.8 Å². The van der Waals surface area contributed by atoms with Crippen LogP contribution in [-0.4, -0.2) is 24.6 Å². The molecule has 0 fully saturated rings. The maximum absolute atomic E-state index is 7.23. The van der Waals surface area contributed by atoms with Gasteiger partial charge in [0, 0.05) is 10.8 Å². The molecule has 0 atom stereocenters. The topological polar surface area (TPSA) is 86.5 Å². The molecule has 0 saturated carbocycles. The molecule has 0 unspecified atom stereocenters.